The van der Waals surface area contributed by atoms with E-state index in [9.17, 15) is 24.5 Å². The molecule has 1 aromatic carbocycles. The summed E-state index contributed by atoms with van der Waals surface area (Å²) in [7, 11) is 0. The van der Waals surface area contributed by atoms with Crippen molar-refractivity contribution in [1.82, 2.24) is 0 Å². The third-order valence-electron chi connectivity index (χ3n) is 3.04. The number of ketones is 2. The number of carbonyl (C=O) groups is 3. The van der Waals surface area contributed by atoms with Crippen LogP contribution in [-0.2, 0) is 14.3 Å². The molecule has 0 fully saturated rings. The minimum absolute atomic E-state index is 0.0595. The number of hydrogen-bond acceptors (Lipinski definition) is 6. The molecule has 0 aliphatic carbocycles. The average Bonchev–Trinajstić information content (AvgIpc) is 2.47. The highest BCUT2D eigenvalue weighted by Crippen LogP contribution is 2.19. The first-order valence-corrected chi connectivity index (χ1v) is 6.81. The van der Waals surface area contributed by atoms with E-state index in [1.807, 2.05) is 0 Å². The number of Topliss-reactive ketones (excluding diaryl/α,β-unsaturated/α-hetero) is 2. The van der Waals surface area contributed by atoms with E-state index in [0.717, 1.165) is 0 Å². The lowest BCUT2D eigenvalue weighted by Gasteiger charge is -2.13. The molecular formula is C15H17NO6. The van der Waals surface area contributed by atoms with E-state index in [2.05, 4.69) is 0 Å². The minimum atomic E-state index is -1.08. The Morgan fingerprint density at radius 3 is 2.27 bits per heavy atom. The Morgan fingerprint density at radius 2 is 1.82 bits per heavy atom. The SMILES string of the molecule is CCOC(=O)C(CCC(C)=O)C(=O)c1ccc([N+](=O)[O-])cc1. The Hall–Kier alpha value is -2.57. The molecule has 0 aliphatic heterocycles. The smallest absolute Gasteiger partial charge is 0.316 e. The van der Waals surface area contributed by atoms with Crippen molar-refractivity contribution in [2.75, 3.05) is 6.61 Å². The van der Waals surface area contributed by atoms with Crippen LogP contribution in [0.25, 0.3) is 0 Å². The number of nitro benzene ring substituents is 1. The summed E-state index contributed by atoms with van der Waals surface area (Å²) in [6.07, 6.45) is 0.145. The number of nitrogens with zero attached hydrogens (tertiary/aromatic N) is 1. The van der Waals surface area contributed by atoms with E-state index in [-0.39, 0.29) is 36.5 Å². The quantitative estimate of drug-likeness (QED) is 0.240. The molecule has 118 valence electrons. The van der Waals surface area contributed by atoms with Crippen LogP contribution in [0.15, 0.2) is 24.3 Å². The maximum absolute atomic E-state index is 12.4. The highest BCUT2D eigenvalue weighted by molar-refractivity contribution is 6.08. The van der Waals surface area contributed by atoms with Gasteiger partial charge in [-0.3, -0.25) is 19.7 Å². The largest absolute Gasteiger partial charge is 0.465 e. The molecule has 1 atom stereocenters. The first kappa shape index (κ1) is 17.5. The van der Waals surface area contributed by atoms with E-state index in [1.165, 1.54) is 31.2 Å². The van der Waals surface area contributed by atoms with E-state index in [4.69, 9.17) is 4.74 Å². The highest BCUT2D eigenvalue weighted by atomic mass is 16.6. The molecule has 7 nitrogen and oxygen atoms in total. The Kier molecular flexibility index (Phi) is 6.37. The molecule has 0 saturated carbocycles. The summed E-state index contributed by atoms with van der Waals surface area (Å²) >= 11 is 0. The lowest BCUT2D eigenvalue weighted by atomic mass is 9.92. The summed E-state index contributed by atoms with van der Waals surface area (Å²) in [4.78, 5) is 45.3. The number of carbonyl (C=O) groups excluding carboxylic acids is 3. The van der Waals surface area contributed by atoms with Gasteiger partial charge in [-0.05, 0) is 32.4 Å². The molecular weight excluding hydrogens is 290 g/mol. The van der Waals surface area contributed by atoms with Crippen molar-refractivity contribution in [3.05, 3.63) is 39.9 Å². The standard InChI is InChI=1S/C15H17NO6/c1-3-22-15(19)13(9-4-10(2)17)14(18)11-5-7-12(8-6-11)16(20)21/h5-8,13H,3-4,9H2,1-2H3. The summed E-state index contributed by atoms with van der Waals surface area (Å²) in [5.74, 6) is -2.40. The monoisotopic (exact) mass is 307 g/mol. The Labute approximate surface area is 127 Å². The van der Waals surface area contributed by atoms with Gasteiger partial charge in [0.15, 0.2) is 5.78 Å². The Balaban J connectivity index is 2.96. The average molecular weight is 307 g/mol. The molecule has 0 amide bonds. The second-order valence-corrected chi connectivity index (χ2v) is 4.71. The molecule has 1 rings (SSSR count). The third-order valence-corrected chi connectivity index (χ3v) is 3.04. The summed E-state index contributed by atoms with van der Waals surface area (Å²) < 4.78 is 4.86. The van der Waals surface area contributed by atoms with Gasteiger partial charge in [0.2, 0.25) is 0 Å². The number of esters is 1. The number of hydrogen-bond donors (Lipinski definition) is 0. The lowest BCUT2D eigenvalue weighted by Crippen LogP contribution is -2.27. The predicted molar refractivity (Wildman–Crippen MR) is 77.5 cm³/mol. The molecule has 0 spiro atoms. The maximum atomic E-state index is 12.4. The van der Waals surface area contributed by atoms with Crippen molar-refractivity contribution in [3.63, 3.8) is 0 Å². The van der Waals surface area contributed by atoms with Crippen LogP contribution in [0.2, 0.25) is 0 Å². The summed E-state index contributed by atoms with van der Waals surface area (Å²) in [5.41, 5.74) is 0.0279. The van der Waals surface area contributed by atoms with E-state index in [1.54, 1.807) is 6.92 Å². The summed E-state index contributed by atoms with van der Waals surface area (Å²) in [6.45, 7) is 3.12. The van der Waals surface area contributed by atoms with Gasteiger partial charge < -0.3 is 9.53 Å². The minimum Gasteiger partial charge on any atom is -0.465 e. The number of rotatable bonds is 8. The predicted octanol–water partition coefficient (Wildman–Crippen LogP) is 2.33. The zero-order valence-corrected chi connectivity index (χ0v) is 12.4. The van der Waals surface area contributed by atoms with Crippen molar-refractivity contribution in [3.8, 4) is 0 Å². The van der Waals surface area contributed by atoms with Gasteiger partial charge in [0.1, 0.15) is 11.7 Å². The zero-order valence-electron chi connectivity index (χ0n) is 12.4. The van der Waals surface area contributed by atoms with Crippen LogP contribution in [0.5, 0.6) is 0 Å². The lowest BCUT2D eigenvalue weighted by molar-refractivity contribution is -0.384. The highest BCUT2D eigenvalue weighted by Gasteiger charge is 2.29. The van der Waals surface area contributed by atoms with E-state index in [0.29, 0.717) is 0 Å². The molecule has 0 radical (unpaired) electrons. The molecule has 0 bridgehead atoms. The van der Waals surface area contributed by atoms with Crippen molar-refractivity contribution in [2.45, 2.75) is 26.7 Å². The van der Waals surface area contributed by atoms with Crippen LogP contribution in [0, 0.1) is 16.0 Å². The van der Waals surface area contributed by atoms with Crippen molar-refractivity contribution in [1.29, 1.82) is 0 Å². The van der Waals surface area contributed by atoms with Gasteiger partial charge >= 0.3 is 5.97 Å². The van der Waals surface area contributed by atoms with Gasteiger partial charge in [0.25, 0.3) is 5.69 Å². The molecule has 0 heterocycles. The molecule has 7 heteroatoms. The zero-order chi connectivity index (χ0) is 16.7. The molecule has 1 aromatic rings. The molecule has 0 saturated heterocycles. The van der Waals surface area contributed by atoms with E-state index >= 15 is 0 Å². The van der Waals surface area contributed by atoms with Crippen molar-refractivity contribution < 1.29 is 24.0 Å². The van der Waals surface area contributed by atoms with E-state index < -0.39 is 22.6 Å². The van der Waals surface area contributed by atoms with Crippen molar-refractivity contribution >= 4 is 23.2 Å². The third kappa shape index (κ3) is 4.76. The first-order chi connectivity index (χ1) is 10.4. The number of benzene rings is 1. The fraction of sp³-hybridized carbons (Fsp3) is 0.400. The number of non-ortho nitro benzene ring substituents is 1. The summed E-state index contributed by atoms with van der Waals surface area (Å²) in [5, 5.41) is 10.6. The number of ether oxygens (including phenoxy) is 1. The van der Waals surface area contributed by atoms with Crippen LogP contribution in [0.3, 0.4) is 0 Å². The van der Waals surface area contributed by atoms with Crippen LogP contribution < -0.4 is 0 Å². The molecule has 22 heavy (non-hydrogen) atoms. The van der Waals surface area contributed by atoms with Crippen LogP contribution in [0.1, 0.15) is 37.0 Å². The fourth-order valence-corrected chi connectivity index (χ4v) is 1.90. The van der Waals surface area contributed by atoms with Gasteiger partial charge in [-0.25, -0.2) is 0 Å². The van der Waals surface area contributed by atoms with Gasteiger partial charge in [-0.1, -0.05) is 0 Å². The van der Waals surface area contributed by atoms with Gasteiger partial charge in [0.05, 0.1) is 11.5 Å². The second kappa shape index (κ2) is 8.02. The molecule has 0 aliphatic rings. The summed E-state index contributed by atoms with van der Waals surface area (Å²) in [6, 6.07) is 4.97. The van der Waals surface area contributed by atoms with Gasteiger partial charge in [0, 0.05) is 24.1 Å². The van der Waals surface area contributed by atoms with Crippen LogP contribution >= 0.6 is 0 Å². The molecule has 0 aromatic heterocycles. The van der Waals surface area contributed by atoms with Gasteiger partial charge in [-0.15, -0.1) is 0 Å². The normalized spacial score (nSPS) is 11.5. The maximum Gasteiger partial charge on any atom is 0.316 e. The molecule has 0 N–H and O–H groups in total. The van der Waals surface area contributed by atoms with Crippen molar-refractivity contribution in [2.24, 2.45) is 5.92 Å². The Morgan fingerprint density at radius 1 is 1.23 bits per heavy atom. The van der Waals surface area contributed by atoms with Gasteiger partial charge in [-0.2, -0.15) is 0 Å². The molecule has 1 unspecified atom stereocenters. The first-order valence-electron chi connectivity index (χ1n) is 6.81. The Bertz CT molecular complexity index is 578. The van der Waals surface area contributed by atoms with Crippen LogP contribution in [0.4, 0.5) is 5.69 Å². The van der Waals surface area contributed by atoms with Crippen LogP contribution in [-0.4, -0.2) is 29.1 Å². The fourth-order valence-electron chi connectivity index (χ4n) is 1.90. The second-order valence-electron chi connectivity index (χ2n) is 4.71. The topological polar surface area (TPSA) is 104 Å². The number of nitro groups is 1.